The van der Waals surface area contributed by atoms with Gasteiger partial charge in [-0.25, -0.2) is 9.78 Å². The van der Waals surface area contributed by atoms with Gasteiger partial charge in [0.05, 0.1) is 24.3 Å². The summed E-state index contributed by atoms with van der Waals surface area (Å²) in [6.45, 7) is 4.08. The van der Waals surface area contributed by atoms with Crippen molar-refractivity contribution in [2.24, 2.45) is 7.05 Å². The van der Waals surface area contributed by atoms with E-state index in [-0.39, 0.29) is 12.6 Å². The largest absolute Gasteiger partial charge is 0.383 e. The maximum absolute atomic E-state index is 11.7. The molecule has 1 atom stereocenters. The number of amides is 2. The van der Waals surface area contributed by atoms with Gasteiger partial charge in [-0.3, -0.25) is 4.68 Å². The van der Waals surface area contributed by atoms with Gasteiger partial charge in [-0.1, -0.05) is 0 Å². The van der Waals surface area contributed by atoms with Crippen molar-refractivity contribution in [1.82, 2.24) is 25.4 Å². The fraction of sp³-hybridized carbons (Fsp3) is 0.462. The first-order chi connectivity index (χ1) is 9.87. The number of aliphatic hydroxyl groups is 1. The first-order valence-corrected chi connectivity index (χ1v) is 7.33. The van der Waals surface area contributed by atoms with Gasteiger partial charge in [-0.05, 0) is 13.8 Å². The Kier molecular flexibility index (Phi) is 4.59. The van der Waals surface area contributed by atoms with Crippen LogP contribution in [0.5, 0.6) is 0 Å². The molecule has 2 amide bonds. The van der Waals surface area contributed by atoms with Crippen molar-refractivity contribution in [1.29, 1.82) is 0 Å². The maximum Gasteiger partial charge on any atom is 0.315 e. The molecule has 0 aliphatic heterocycles. The second-order valence-electron chi connectivity index (χ2n) is 5.06. The quantitative estimate of drug-likeness (QED) is 0.765. The summed E-state index contributed by atoms with van der Waals surface area (Å²) in [6.07, 6.45) is 5.05. The number of thiazole rings is 1. The molecular weight excluding hydrogens is 290 g/mol. The van der Waals surface area contributed by atoms with Crippen LogP contribution in [0.25, 0.3) is 0 Å². The lowest BCUT2D eigenvalue weighted by Crippen LogP contribution is -2.43. The highest BCUT2D eigenvalue weighted by atomic mass is 32.1. The Bertz CT molecular complexity index is 620. The number of nitrogens with zero attached hydrogens (tertiary/aromatic N) is 3. The van der Waals surface area contributed by atoms with E-state index in [1.54, 1.807) is 37.2 Å². The molecule has 0 aromatic carbocycles. The van der Waals surface area contributed by atoms with Gasteiger partial charge in [0.1, 0.15) is 5.60 Å². The summed E-state index contributed by atoms with van der Waals surface area (Å²) < 4.78 is 1.61. The number of rotatable bonds is 5. The third kappa shape index (κ3) is 4.27. The SMILES string of the molecule is Cc1ncc(CNC(=O)NCC(C)(O)c2cnn(C)c2)s1. The Morgan fingerprint density at radius 1 is 1.48 bits per heavy atom. The normalized spacial score (nSPS) is 13.7. The lowest BCUT2D eigenvalue weighted by Gasteiger charge is -2.22. The van der Waals surface area contributed by atoms with Crippen LogP contribution in [0.4, 0.5) is 4.79 Å². The summed E-state index contributed by atoms with van der Waals surface area (Å²) in [7, 11) is 1.77. The van der Waals surface area contributed by atoms with Crippen molar-refractivity contribution in [2.75, 3.05) is 6.54 Å². The van der Waals surface area contributed by atoms with E-state index in [9.17, 15) is 9.90 Å². The first-order valence-electron chi connectivity index (χ1n) is 6.51. The fourth-order valence-corrected chi connectivity index (χ4v) is 2.51. The zero-order valence-corrected chi connectivity index (χ0v) is 13.1. The van der Waals surface area contributed by atoms with Crippen molar-refractivity contribution < 1.29 is 9.90 Å². The summed E-state index contributed by atoms with van der Waals surface area (Å²) >= 11 is 1.54. The molecule has 0 spiro atoms. The molecule has 2 aromatic rings. The van der Waals surface area contributed by atoms with Crippen LogP contribution in [0.2, 0.25) is 0 Å². The summed E-state index contributed by atoms with van der Waals surface area (Å²) in [5.41, 5.74) is -0.504. The summed E-state index contributed by atoms with van der Waals surface area (Å²) in [5.74, 6) is 0. The van der Waals surface area contributed by atoms with Gasteiger partial charge in [0.25, 0.3) is 0 Å². The average Bonchev–Trinajstić information content (AvgIpc) is 3.03. The smallest absolute Gasteiger partial charge is 0.315 e. The summed E-state index contributed by atoms with van der Waals surface area (Å²) in [6, 6.07) is -0.329. The van der Waals surface area contributed by atoms with Gasteiger partial charge in [0, 0.05) is 29.9 Å². The lowest BCUT2D eigenvalue weighted by molar-refractivity contribution is 0.0593. The van der Waals surface area contributed by atoms with E-state index in [1.165, 1.54) is 11.3 Å². The monoisotopic (exact) mass is 309 g/mol. The Morgan fingerprint density at radius 3 is 2.81 bits per heavy atom. The molecule has 0 aliphatic carbocycles. The van der Waals surface area contributed by atoms with Crippen molar-refractivity contribution in [2.45, 2.75) is 26.0 Å². The van der Waals surface area contributed by atoms with E-state index in [4.69, 9.17) is 0 Å². The third-order valence-electron chi connectivity index (χ3n) is 3.01. The predicted octanol–water partition coefficient (Wildman–Crippen LogP) is 0.892. The number of hydrogen-bond donors (Lipinski definition) is 3. The second kappa shape index (κ2) is 6.23. The predicted molar refractivity (Wildman–Crippen MR) is 79.9 cm³/mol. The van der Waals surface area contributed by atoms with E-state index in [0.29, 0.717) is 12.1 Å². The molecule has 0 fully saturated rings. The molecule has 3 N–H and O–H groups in total. The molecule has 1 unspecified atom stereocenters. The minimum Gasteiger partial charge on any atom is -0.383 e. The Labute approximate surface area is 127 Å². The fourth-order valence-electron chi connectivity index (χ4n) is 1.77. The topological polar surface area (TPSA) is 92.1 Å². The molecular formula is C13H19N5O2S. The average molecular weight is 309 g/mol. The minimum atomic E-state index is -1.16. The van der Waals surface area contributed by atoms with Gasteiger partial charge in [0.2, 0.25) is 0 Å². The number of carbonyl (C=O) groups excluding carboxylic acids is 1. The molecule has 2 heterocycles. The van der Waals surface area contributed by atoms with Gasteiger partial charge >= 0.3 is 6.03 Å². The van der Waals surface area contributed by atoms with Crippen molar-refractivity contribution >= 4 is 17.4 Å². The summed E-state index contributed by atoms with van der Waals surface area (Å²) in [5, 5.41) is 20.7. The number of urea groups is 1. The molecule has 8 heteroatoms. The third-order valence-corrected chi connectivity index (χ3v) is 3.93. The molecule has 0 radical (unpaired) electrons. The Hall–Kier alpha value is -1.93. The number of nitrogens with one attached hydrogen (secondary N) is 2. The van der Waals surface area contributed by atoms with Crippen LogP contribution in [-0.2, 0) is 19.2 Å². The molecule has 0 bridgehead atoms. The van der Waals surface area contributed by atoms with Gasteiger partial charge in [0.15, 0.2) is 0 Å². The van der Waals surface area contributed by atoms with Crippen LogP contribution in [0.15, 0.2) is 18.6 Å². The first kappa shape index (κ1) is 15.5. The Morgan fingerprint density at radius 2 is 2.24 bits per heavy atom. The van der Waals surface area contributed by atoms with Crippen molar-refractivity contribution in [3.05, 3.63) is 34.0 Å². The summed E-state index contributed by atoms with van der Waals surface area (Å²) in [4.78, 5) is 16.8. The number of aromatic nitrogens is 3. The zero-order chi connectivity index (χ0) is 15.5. The van der Waals surface area contributed by atoms with Crippen LogP contribution >= 0.6 is 11.3 Å². The van der Waals surface area contributed by atoms with E-state index < -0.39 is 5.60 Å². The van der Waals surface area contributed by atoms with Gasteiger partial charge in [-0.15, -0.1) is 11.3 Å². The highest BCUT2D eigenvalue weighted by Crippen LogP contribution is 2.18. The van der Waals surface area contributed by atoms with Crippen LogP contribution in [-0.4, -0.2) is 32.4 Å². The molecule has 7 nitrogen and oxygen atoms in total. The molecule has 2 rings (SSSR count). The lowest BCUT2D eigenvalue weighted by atomic mass is 10.00. The van der Waals surface area contributed by atoms with E-state index in [1.807, 2.05) is 6.92 Å². The van der Waals surface area contributed by atoms with Crippen molar-refractivity contribution in [3.63, 3.8) is 0 Å². The molecule has 0 saturated carbocycles. The molecule has 114 valence electrons. The molecule has 0 aliphatic rings. The van der Waals surface area contributed by atoms with Gasteiger partial charge in [-0.2, -0.15) is 5.10 Å². The van der Waals surface area contributed by atoms with Gasteiger partial charge < -0.3 is 15.7 Å². The van der Waals surface area contributed by atoms with E-state index in [2.05, 4.69) is 20.7 Å². The van der Waals surface area contributed by atoms with E-state index >= 15 is 0 Å². The van der Waals surface area contributed by atoms with E-state index in [0.717, 1.165) is 9.88 Å². The number of aryl methyl sites for hydroxylation is 2. The highest BCUT2D eigenvalue weighted by Gasteiger charge is 2.25. The molecule has 2 aromatic heterocycles. The van der Waals surface area contributed by atoms with Crippen LogP contribution in [0.3, 0.4) is 0 Å². The zero-order valence-electron chi connectivity index (χ0n) is 12.3. The van der Waals surface area contributed by atoms with Crippen LogP contribution < -0.4 is 10.6 Å². The second-order valence-corrected chi connectivity index (χ2v) is 6.38. The van der Waals surface area contributed by atoms with Crippen LogP contribution in [0.1, 0.15) is 22.4 Å². The highest BCUT2D eigenvalue weighted by molar-refractivity contribution is 7.11. The number of carbonyl (C=O) groups is 1. The molecule has 0 saturated heterocycles. The molecule has 21 heavy (non-hydrogen) atoms. The minimum absolute atomic E-state index is 0.103. The maximum atomic E-state index is 11.7. The number of hydrogen-bond acceptors (Lipinski definition) is 5. The Balaban J connectivity index is 1.80. The van der Waals surface area contributed by atoms with Crippen molar-refractivity contribution in [3.8, 4) is 0 Å². The van der Waals surface area contributed by atoms with Crippen LogP contribution in [0, 0.1) is 6.92 Å². The standard InChI is InChI=1S/C13H19N5O2S/c1-9-14-5-11(21-9)6-15-12(19)16-8-13(2,20)10-4-17-18(3)7-10/h4-5,7,20H,6,8H2,1-3H3,(H2,15,16,19).